The summed E-state index contributed by atoms with van der Waals surface area (Å²) in [4.78, 5) is 13.6. The third-order valence-electron chi connectivity index (χ3n) is 5.67. The highest BCUT2D eigenvalue weighted by Gasteiger charge is 2.39. The molecule has 1 aliphatic heterocycles. The zero-order chi connectivity index (χ0) is 27.1. The summed E-state index contributed by atoms with van der Waals surface area (Å²) < 4.78 is 124. The number of carbonyl (C=O) groups excluding carboxylic acids is 1. The van der Waals surface area contributed by atoms with Crippen LogP contribution in [0.2, 0.25) is 0 Å². The number of carbonyl (C=O) groups is 1. The Morgan fingerprint density at radius 2 is 1.47 bits per heavy atom. The van der Waals surface area contributed by atoms with Gasteiger partial charge in [0.15, 0.2) is 0 Å². The monoisotopic (exact) mass is 528 g/mol. The van der Waals surface area contributed by atoms with Crippen LogP contribution in [0.25, 0.3) is 0 Å². The number of halogens is 9. The van der Waals surface area contributed by atoms with E-state index >= 15 is 0 Å². The van der Waals surface area contributed by atoms with Crippen molar-refractivity contribution < 1.29 is 49.0 Å². The van der Waals surface area contributed by atoms with Gasteiger partial charge in [0, 0.05) is 18.6 Å². The van der Waals surface area contributed by atoms with Gasteiger partial charge in [0.05, 0.1) is 29.0 Å². The van der Waals surface area contributed by atoms with Gasteiger partial charge in [-0.1, -0.05) is 0 Å². The Bertz CT molecular complexity index is 1080. The Hall–Kier alpha value is -2.96. The van der Waals surface area contributed by atoms with E-state index in [0.717, 1.165) is 18.2 Å². The average Bonchev–Trinajstić information content (AvgIpc) is 2.75. The summed E-state index contributed by atoms with van der Waals surface area (Å²) in [6, 6.07) is 2.25. The van der Waals surface area contributed by atoms with Crippen molar-refractivity contribution in [3.8, 4) is 0 Å². The third kappa shape index (κ3) is 6.05. The van der Waals surface area contributed by atoms with Crippen LogP contribution in [0, 0.1) is 0 Å². The summed E-state index contributed by atoms with van der Waals surface area (Å²) in [5, 5.41) is 2.77. The lowest BCUT2D eigenvalue weighted by molar-refractivity contribution is -0.143. The maximum absolute atomic E-state index is 13.4. The second kappa shape index (κ2) is 9.83. The standard InChI is InChI=1S/C23H21F9N2O2/c1-3-36-20(35)34-12(2)6-18(17-10-14(21(24,25)26)4-5-19(17)34)33-11-13-7-15(22(27,28)29)9-16(8-13)23(30,31)32/h4-5,7-10,12,18,33H,3,6,11H2,1-2H3/t12-,18+/m1/s1. The van der Waals surface area contributed by atoms with Crippen LogP contribution in [0.3, 0.4) is 0 Å². The largest absolute Gasteiger partial charge is 0.449 e. The van der Waals surface area contributed by atoms with Crippen LogP contribution in [0.4, 0.5) is 50.0 Å². The molecule has 2 aromatic carbocycles. The van der Waals surface area contributed by atoms with E-state index in [1.807, 2.05) is 0 Å². The Balaban J connectivity index is 2.00. The minimum absolute atomic E-state index is 0.00564. The molecule has 13 heteroatoms. The molecule has 0 fully saturated rings. The molecule has 0 aliphatic carbocycles. The van der Waals surface area contributed by atoms with Crippen molar-refractivity contribution >= 4 is 11.8 Å². The number of amides is 1. The molecule has 2 atom stereocenters. The molecule has 4 nitrogen and oxygen atoms in total. The van der Waals surface area contributed by atoms with Crippen LogP contribution in [-0.2, 0) is 29.8 Å². The van der Waals surface area contributed by atoms with Gasteiger partial charge in [-0.2, -0.15) is 39.5 Å². The fourth-order valence-electron chi connectivity index (χ4n) is 4.07. The zero-order valence-corrected chi connectivity index (χ0v) is 18.9. The Labute approximate surface area is 200 Å². The number of hydrogen-bond donors (Lipinski definition) is 1. The third-order valence-corrected chi connectivity index (χ3v) is 5.67. The SMILES string of the molecule is CCOC(=O)N1c2ccc(C(F)(F)F)cc2[C@@H](NCc2cc(C(F)(F)F)cc(C(F)(F)F)c2)C[C@H]1C. The highest BCUT2D eigenvalue weighted by atomic mass is 19.4. The summed E-state index contributed by atoms with van der Waals surface area (Å²) >= 11 is 0. The van der Waals surface area contributed by atoms with Crippen LogP contribution in [0.5, 0.6) is 0 Å². The van der Waals surface area contributed by atoms with Gasteiger partial charge in [-0.05, 0) is 67.8 Å². The van der Waals surface area contributed by atoms with Gasteiger partial charge in [0.2, 0.25) is 0 Å². The van der Waals surface area contributed by atoms with Gasteiger partial charge in [-0.25, -0.2) is 4.79 Å². The first kappa shape index (κ1) is 27.6. The number of nitrogens with zero attached hydrogens (tertiary/aromatic N) is 1. The molecule has 0 bridgehead atoms. The normalized spacial score (nSPS) is 18.7. The van der Waals surface area contributed by atoms with Gasteiger partial charge in [0.1, 0.15) is 0 Å². The van der Waals surface area contributed by atoms with Crippen molar-refractivity contribution in [1.29, 1.82) is 0 Å². The average molecular weight is 528 g/mol. The first-order valence-corrected chi connectivity index (χ1v) is 10.7. The number of anilines is 1. The van der Waals surface area contributed by atoms with Gasteiger partial charge < -0.3 is 10.1 Å². The summed E-state index contributed by atoms with van der Waals surface area (Å²) in [6.45, 7) is 2.66. The molecule has 0 spiro atoms. The highest BCUT2D eigenvalue weighted by Crippen LogP contribution is 2.42. The van der Waals surface area contributed by atoms with Gasteiger partial charge >= 0.3 is 24.6 Å². The molecular weight excluding hydrogens is 507 g/mol. The highest BCUT2D eigenvalue weighted by molar-refractivity contribution is 5.90. The second-order valence-corrected chi connectivity index (χ2v) is 8.27. The number of rotatable bonds is 4. The summed E-state index contributed by atoms with van der Waals surface area (Å²) in [5.41, 5.74) is -4.27. The fourth-order valence-corrected chi connectivity index (χ4v) is 4.07. The molecule has 1 N–H and O–H groups in total. The lowest BCUT2D eigenvalue weighted by atomic mass is 9.90. The molecule has 1 aliphatic rings. The molecule has 0 saturated carbocycles. The molecule has 0 radical (unpaired) electrons. The van der Waals surface area contributed by atoms with Crippen molar-refractivity contribution in [3.05, 3.63) is 64.2 Å². The topological polar surface area (TPSA) is 41.6 Å². The number of hydrogen-bond acceptors (Lipinski definition) is 3. The molecule has 1 heterocycles. The summed E-state index contributed by atoms with van der Waals surface area (Å²) in [6.07, 6.45) is -15.6. The van der Waals surface area contributed by atoms with Crippen molar-refractivity contribution in [2.45, 2.75) is 57.4 Å². The van der Waals surface area contributed by atoms with Crippen LogP contribution in [0.15, 0.2) is 36.4 Å². The van der Waals surface area contributed by atoms with E-state index in [0.29, 0.717) is 12.1 Å². The molecule has 2 aromatic rings. The fraction of sp³-hybridized carbons (Fsp3) is 0.435. The summed E-state index contributed by atoms with van der Waals surface area (Å²) in [7, 11) is 0. The van der Waals surface area contributed by atoms with Crippen LogP contribution >= 0.6 is 0 Å². The predicted octanol–water partition coefficient (Wildman–Crippen LogP) is 7.33. The molecular formula is C23H21F9N2O2. The zero-order valence-electron chi connectivity index (χ0n) is 18.9. The van der Waals surface area contributed by atoms with Crippen molar-refractivity contribution in [3.63, 3.8) is 0 Å². The van der Waals surface area contributed by atoms with E-state index in [9.17, 15) is 44.3 Å². The smallest absolute Gasteiger partial charge is 0.416 e. The van der Waals surface area contributed by atoms with E-state index in [2.05, 4.69) is 5.32 Å². The number of alkyl halides is 9. The maximum Gasteiger partial charge on any atom is 0.416 e. The van der Waals surface area contributed by atoms with Crippen molar-refractivity contribution in [2.75, 3.05) is 11.5 Å². The van der Waals surface area contributed by atoms with Gasteiger partial charge in [-0.15, -0.1) is 0 Å². The number of fused-ring (bicyclic) bond motifs is 1. The first-order chi connectivity index (χ1) is 16.5. The van der Waals surface area contributed by atoms with E-state index in [-0.39, 0.29) is 35.9 Å². The van der Waals surface area contributed by atoms with Gasteiger partial charge in [0.25, 0.3) is 0 Å². The van der Waals surface area contributed by atoms with Crippen LogP contribution in [0.1, 0.15) is 54.1 Å². The molecule has 0 saturated heterocycles. The molecule has 36 heavy (non-hydrogen) atoms. The quantitative estimate of drug-likeness (QED) is 0.423. The van der Waals surface area contributed by atoms with Crippen LogP contribution < -0.4 is 10.2 Å². The maximum atomic E-state index is 13.4. The Kier molecular flexibility index (Phi) is 7.54. The number of nitrogens with one attached hydrogen (secondary N) is 1. The number of ether oxygens (including phenoxy) is 1. The molecule has 3 rings (SSSR count). The molecule has 0 unspecified atom stereocenters. The van der Waals surface area contributed by atoms with E-state index < -0.39 is 59.9 Å². The lowest BCUT2D eigenvalue weighted by Gasteiger charge is -2.39. The predicted molar refractivity (Wildman–Crippen MR) is 111 cm³/mol. The minimum Gasteiger partial charge on any atom is -0.449 e. The molecule has 0 aromatic heterocycles. The Morgan fingerprint density at radius 3 is 1.97 bits per heavy atom. The molecule has 198 valence electrons. The van der Waals surface area contributed by atoms with Crippen molar-refractivity contribution in [2.24, 2.45) is 0 Å². The molecule has 1 amide bonds. The van der Waals surface area contributed by atoms with Crippen LogP contribution in [-0.4, -0.2) is 18.7 Å². The second-order valence-electron chi connectivity index (χ2n) is 8.27. The van der Waals surface area contributed by atoms with E-state index in [1.165, 1.54) is 4.90 Å². The summed E-state index contributed by atoms with van der Waals surface area (Å²) in [5.74, 6) is 0. The van der Waals surface area contributed by atoms with Gasteiger partial charge in [-0.3, -0.25) is 4.90 Å². The lowest BCUT2D eigenvalue weighted by Crippen LogP contribution is -2.45. The minimum atomic E-state index is -5.04. The van der Waals surface area contributed by atoms with Crippen molar-refractivity contribution in [1.82, 2.24) is 5.32 Å². The number of benzene rings is 2. The first-order valence-electron chi connectivity index (χ1n) is 10.7. The Morgan fingerprint density at radius 1 is 0.917 bits per heavy atom. The van der Waals surface area contributed by atoms with E-state index in [1.54, 1.807) is 13.8 Å². The van der Waals surface area contributed by atoms with E-state index in [4.69, 9.17) is 4.74 Å².